The summed E-state index contributed by atoms with van der Waals surface area (Å²) in [5, 5.41) is 14.1. The molecule has 0 radical (unpaired) electrons. The van der Waals surface area contributed by atoms with Crippen molar-refractivity contribution in [2.45, 2.75) is 12.8 Å². The smallest absolute Gasteiger partial charge is 0.313 e. The molecular weight excluding hydrogens is 363 g/mol. The monoisotopic (exact) mass is 382 g/mol. The number of aromatic nitrogens is 2. The quantitative estimate of drug-likeness (QED) is 0.775. The van der Waals surface area contributed by atoms with E-state index in [1.165, 1.54) is 0 Å². The Morgan fingerprint density at radius 2 is 1.86 bits per heavy atom. The van der Waals surface area contributed by atoms with Crippen molar-refractivity contribution >= 4 is 23.5 Å². The molecule has 1 saturated heterocycles. The van der Waals surface area contributed by atoms with E-state index in [2.05, 4.69) is 20.6 Å². The fraction of sp³-hybridized carbons (Fsp3) is 0.316. The van der Waals surface area contributed by atoms with Crippen molar-refractivity contribution in [3.8, 4) is 6.07 Å². The van der Waals surface area contributed by atoms with Gasteiger partial charge in [-0.3, -0.25) is 9.59 Å². The lowest BCUT2D eigenvalue weighted by Crippen LogP contribution is -2.42. The number of anilines is 2. The molecule has 28 heavy (non-hydrogen) atoms. The average molecular weight is 382 g/mol. The molecular formula is C19H19FN6O2. The van der Waals surface area contributed by atoms with Gasteiger partial charge in [0.1, 0.15) is 6.07 Å². The van der Waals surface area contributed by atoms with Gasteiger partial charge >= 0.3 is 11.8 Å². The molecule has 9 heteroatoms. The Balaban J connectivity index is 1.44. The van der Waals surface area contributed by atoms with E-state index in [4.69, 9.17) is 5.26 Å². The number of nitrogens with zero attached hydrogens (tertiary/aromatic N) is 4. The molecule has 2 N–H and O–H groups in total. The zero-order valence-electron chi connectivity index (χ0n) is 15.1. The summed E-state index contributed by atoms with van der Waals surface area (Å²) in [4.78, 5) is 34.0. The standard InChI is InChI=1S/C19H19FN6O2/c20-15-11-23-19(24-12-15)26-7-5-13(6-8-26)10-22-17(27)18(28)25-16-4-2-1-3-14(16)9-21/h1-4,11-13H,5-8,10H2,(H,22,27)(H,25,28). The molecule has 1 aliphatic rings. The van der Waals surface area contributed by atoms with Crippen LogP contribution in [0.2, 0.25) is 0 Å². The van der Waals surface area contributed by atoms with E-state index < -0.39 is 17.6 Å². The minimum atomic E-state index is -0.806. The number of amides is 2. The minimum absolute atomic E-state index is 0.222. The molecule has 0 spiro atoms. The van der Waals surface area contributed by atoms with Crippen LogP contribution in [0.4, 0.5) is 16.0 Å². The summed E-state index contributed by atoms with van der Waals surface area (Å²) in [6.45, 7) is 1.76. The third-order valence-corrected chi connectivity index (χ3v) is 4.56. The van der Waals surface area contributed by atoms with Crippen molar-refractivity contribution in [1.82, 2.24) is 15.3 Å². The highest BCUT2D eigenvalue weighted by molar-refractivity contribution is 6.39. The topological polar surface area (TPSA) is 111 Å². The highest BCUT2D eigenvalue weighted by atomic mass is 19.1. The minimum Gasteiger partial charge on any atom is -0.348 e. The molecule has 1 aromatic heterocycles. The first-order valence-electron chi connectivity index (χ1n) is 8.87. The van der Waals surface area contributed by atoms with Crippen molar-refractivity contribution in [1.29, 1.82) is 5.26 Å². The van der Waals surface area contributed by atoms with Gasteiger partial charge in [0.15, 0.2) is 5.82 Å². The number of carbonyl (C=O) groups is 2. The van der Waals surface area contributed by atoms with Crippen LogP contribution >= 0.6 is 0 Å². The number of carbonyl (C=O) groups excluding carboxylic acids is 2. The van der Waals surface area contributed by atoms with Crippen molar-refractivity contribution < 1.29 is 14.0 Å². The van der Waals surface area contributed by atoms with Crippen LogP contribution in [-0.2, 0) is 9.59 Å². The first-order chi connectivity index (χ1) is 13.6. The molecule has 1 aromatic carbocycles. The molecule has 1 fully saturated rings. The lowest BCUT2D eigenvalue weighted by atomic mass is 9.97. The van der Waals surface area contributed by atoms with Gasteiger partial charge in [0.25, 0.3) is 0 Å². The van der Waals surface area contributed by atoms with Crippen LogP contribution < -0.4 is 15.5 Å². The Morgan fingerprint density at radius 1 is 1.18 bits per heavy atom. The van der Waals surface area contributed by atoms with E-state index in [9.17, 15) is 14.0 Å². The first kappa shape index (κ1) is 19.2. The summed E-state index contributed by atoms with van der Waals surface area (Å²) in [7, 11) is 0. The predicted octanol–water partition coefficient (Wildman–Crippen LogP) is 1.46. The molecule has 3 rings (SSSR count). The van der Waals surface area contributed by atoms with Crippen LogP contribution in [-0.4, -0.2) is 41.4 Å². The molecule has 1 aliphatic heterocycles. The Morgan fingerprint density at radius 3 is 2.54 bits per heavy atom. The van der Waals surface area contributed by atoms with Gasteiger partial charge in [-0.1, -0.05) is 12.1 Å². The summed E-state index contributed by atoms with van der Waals surface area (Å²) in [5.74, 6) is -1.31. The second-order valence-corrected chi connectivity index (χ2v) is 6.45. The van der Waals surface area contributed by atoms with E-state index in [-0.39, 0.29) is 5.92 Å². The second-order valence-electron chi connectivity index (χ2n) is 6.45. The zero-order valence-corrected chi connectivity index (χ0v) is 15.1. The zero-order chi connectivity index (χ0) is 19.9. The number of nitrogens with one attached hydrogen (secondary N) is 2. The highest BCUT2D eigenvalue weighted by Gasteiger charge is 2.23. The van der Waals surface area contributed by atoms with Crippen LogP contribution in [0, 0.1) is 23.1 Å². The third kappa shape index (κ3) is 4.79. The number of nitriles is 1. The Kier molecular flexibility index (Phi) is 6.11. The molecule has 0 atom stereocenters. The molecule has 8 nitrogen and oxygen atoms in total. The van der Waals surface area contributed by atoms with Crippen molar-refractivity contribution in [3.05, 3.63) is 48.0 Å². The Hall–Kier alpha value is -3.54. The lowest BCUT2D eigenvalue weighted by Gasteiger charge is -2.31. The van der Waals surface area contributed by atoms with Gasteiger partial charge in [-0.2, -0.15) is 5.26 Å². The van der Waals surface area contributed by atoms with E-state index in [1.54, 1.807) is 24.3 Å². The molecule has 0 unspecified atom stereocenters. The number of hydrogen-bond acceptors (Lipinski definition) is 6. The second kappa shape index (κ2) is 8.90. The lowest BCUT2D eigenvalue weighted by molar-refractivity contribution is -0.136. The number of halogens is 1. The number of hydrogen-bond donors (Lipinski definition) is 2. The fourth-order valence-corrected chi connectivity index (χ4v) is 2.99. The average Bonchev–Trinajstić information content (AvgIpc) is 2.73. The fourth-order valence-electron chi connectivity index (χ4n) is 2.99. The number of piperidine rings is 1. The highest BCUT2D eigenvalue weighted by Crippen LogP contribution is 2.20. The number of para-hydroxylation sites is 1. The van der Waals surface area contributed by atoms with Gasteiger partial charge in [-0.25, -0.2) is 14.4 Å². The number of rotatable bonds is 4. The van der Waals surface area contributed by atoms with Crippen molar-refractivity contribution in [2.75, 3.05) is 29.9 Å². The van der Waals surface area contributed by atoms with Gasteiger partial charge in [-0.15, -0.1) is 0 Å². The van der Waals surface area contributed by atoms with Crippen molar-refractivity contribution in [2.24, 2.45) is 5.92 Å². The van der Waals surface area contributed by atoms with Gasteiger partial charge in [0.2, 0.25) is 5.95 Å². The van der Waals surface area contributed by atoms with E-state index in [0.717, 1.165) is 25.2 Å². The molecule has 0 bridgehead atoms. The molecule has 0 aliphatic carbocycles. The Labute approximate surface area is 161 Å². The van der Waals surface area contributed by atoms with Crippen LogP contribution in [0.15, 0.2) is 36.7 Å². The summed E-state index contributed by atoms with van der Waals surface area (Å²) in [5.41, 5.74) is 0.594. The van der Waals surface area contributed by atoms with Gasteiger partial charge in [-0.05, 0) is 30.9 Å². The SMILES string of the molecule is N#Cc1ccccc1NC(=O)C(=O)NCC1CCN(c2ncc(F)cn2)CC1. The first-order valence-corrected chi connectivity index (χ1v) is 8.87. The largest absolute Gasteiger partial charge is 0.348 e. The van der Waals surface area contributed by atoms with Gasteiger partial charge < -0.3 is 15.5 Å². The third-order valence-electron chi connectivity index (χ3n) is 4.56. The molecule has 0 saturated carbocycles. The van der Waals surface area contributed by atoms with Crippen molar-refractivity contribution in [3.63, 3.8) is 0 Å². The maximum atomic E-state index is 12.9. The van der Waals surface area contributed by atoms with Gasteiger partial charge in [0.05, 0.1) is 23.6 Å². The number of benzene rings is 1. The van der Waals surface area contributed by atoms with E-state index in [0.29, 0.717) is 36.8 Å². The van der Waals surface area contributed by atoms with E-state index >= 15 is 0 Å². The molecule has 144 valence electrons. The summed E-state index contributed by atoms with van der Waals surface area (Å²) >= 11 is 0. The summed E-state index contributed by atoms with van der Waals surface area (Å²) < 4.78 is 12.9. The van der Waals surface area contributed by atoms with Gasteiger partial charge in [0, 0.05) is 19.6 Å². The van der Waals surface area contributed by atoms with E-state index in [1.807, 2.05) is 11.0 Å². The van der Waals surface area contributed by atoms with Crippen LogP contribution in [0.1, 0.15) is 18.4 Å². The summed E-state index contributed by atoms with van der Waals surface area (Å²) in [6.07, 6.45) is 3.86. The van der Waals surface area contributed by atoms with Crippen LogP contribution in [0.25, 0.3) is 0 Å². The molecule has 2 heterocycles. The molecule has 2 aromatic rings. The molecule has 2 amide bonds. The van der Waals surface area contributed by atoms with Crippen LogP contribution in [0.5, 0.6) is 0 Å². The van der Waals surface area contributed by atoms with Crippen LogP contribution in [0.3, 0.4) is 0 Å². The Bertz CT molecular complexity index is 888. The predicted molar refractivity (Wildman–Crippen MR) is 99.7 cm³/mol. The maximum absolute atomic E-state index is 12.9. The summed E-state index contributed by atoms with van der Waals surface area (Å²) in [6, 6.07) is 8.44. The normalized spacial score (nSPS) is 14.2. The maximum Gasteiger partial charge on any atom is 0.313 e.